The van der Waals surface area contributed by atoms with Gasteiger partial charge in [0.1, 0.15) is 0 Å². The molecule has 2 aromatic carbocycles. The third kappa shape index (κ3) is 5.02. The van der Waals surface area contributed by atoms with Gasteiger partial charge in [0.05, 0.1) is 17.8 Å². The highest BCUT2D eigenvalue weighted by Gasteiger charge is 2.41. The van der Waals surface area contributed by atoms with E-state index in [1.165, 1.54) is 5.56 Å². The van der Waals surface area contributed by atoms with Crippen molar-refractivity contribution in [3.63, 3.8) is 0 Å². The zero-order chi connectivity index (χ0) is 25.1. The predicted molar refractivity (Wildman–Crippen MR) is 147 cm³/mol. The summed E-state index contributed by atoms with van der Waals surface area (Å²) >= 11 is 5.79. The van der Waals surface area contributed by atoms with Gasteiger partial charge in [-0.1, -0.05) is 30.3 Å². The lowest BCUT2D eigenvalue weighted by molar-refractivity contribution is -0.116. The Morgan fingerprint density at radius 2 is 1.81 bits per heavy atom. The quantitative estimate of drug-likeness (QED) is 0.332. The van der Waals surface area contributed by atoms with E-state index in [-0.39, 0.29) is 18.0 Å². The second-order valence-electron chi connectivity index (χ2n) is 9.13. The zero-order valence-electron chi connectivity index (χ0n) is 20.4. The summed E-state index contributed by atoms with van der Waals surface area (Å²) < 4.78 is 2.20. The first-order valence-electron chi connectivity index (χ1n) is 12.1. The molecule has 182 valence electrons. The molecular formula is C29H29N5OS. The molecule has 7 heteroatoms. The van der Waals surface area contributed by atoms with Crippen LogP contribution in [0.2, 0.25) is 0 Å². The van der Waals surface area contributed by atoms with E-state index in [0.29, 0.717) is 18.1 Å². The van der Waals surface area contributed by atoms with E-state index in [4.69, 9.17) is 12.2 Å². The highest BCUT2D eigenvalue weighted by Crippen LogP contribution is 2.39. The molecule has 4 aromatic rings. The number of hydrogen-bond donors (Lipinski definition) is 2. The van der Waals surface area contributed by atoms with Crippen molar-refractivity contribution in [2.24, 2.45) is 0 Å². The standard InChI is InChI=1S/C29H29N5OS/c1-20-8-5-10-22(18-20)31-26(35)14-17-34-28(27(32-29(34)36)24-12-3-4-15-30-24)25-13-7-16-33(25)23-11-6-9-21(2)19-23/h3-13,15-16,18-19,27-28H,14,17H2,1-2H3,(H,31,35)(H,32,36). The van der Waals surface area contributed by atoms with Gasteiger partial charge in [0, 0.05) is 42.4 Å². The van der Waals surface area contributed by atoms with Gasteiger partial charge in [0.15, 0.2) is 5.11 Å². The molecule has 1 saturated heterocycles. The third-order valence-electron chi connectivity index (χ3n) is 6.44. The Bertz CT molecular complexity index is 1380. The Balaban J connectivity index is 1.44. The average molecular weight is 496 g/mol. The summed E-state index contributed by atoms with van der Waals surface area (Å²) in [7, 11) is 0. The van der Waals surface area contributed by atoms with E-state index in [9.17, 15) is 4.79 Å². The number of nitrogens with zero attached hydrogens (tertiary/aromatic N) is 3. The second kappa shape index (κ2) is 10.3. The molecule has 0 saturated carbocycles. The average Bonchev–Trinajstić information content (AvgIpc) is 3.47. The fraction of sp³-hybridized carbons (Fsp3) is 0.207. The maximum atomic E-state index is 12.8. The first kappa shape index (κ1) is 23.8. The molecule has 6 nitrogen and oxygen atoms in total. The van der Waals surface area contributed by atoms with Gasteiger partial charge in [0.2, 0.25) is 5.91 Å². The number of benzene rings is 2. The van der Waals surface area contributed by atoms with Crippen LogP contribution < -0.4 is 10.6 Å². The van der Waals surface area contributed by atoms with Crippen LogP contribution in [0.25, 0.3) is 5.69 Å². The van der Waals surface area contributed by atoms with E-state index in [1.54, 1.807) is 6.20 Å². The molecule has 3 heterocycles. The van der Waals surface area contributed by atoms with Gasteiger partial charge in [-0.25, -0.2) is 0 Å². The van der Waals surface area contributed by atoms with Crippen molar-refractivity contribution in [3.8, 4) is 5.69 Å². The Labute approximate surface area is 217 Å². The summed E-state index contributed by atoms with van der Waals surface area (Å²) in [5.41, 5.74) is 6.19. The Morgan fingerprint density at radius 3 is 2.56 bits per heavy atom. The molecule has 0 aliphatic carbocycles. The SMILES string of the molecule is Cc1cccc(NC(=O)CCN2C(=S)NC(c3ccccn3)C2c2cccn2-c2cccc(C)c2)c1. The predicted octanol–water partition coefficient (Wildman–Crippen LogP) is 5.49. The summed E-state index contributed by atoms with van der Waals surface area (Å²) in [4.78, 5) is 19.6. The van der Waals surface area contributed by atoms with Crippen LogP contribution in [0.15, 0.2) is 91.3 Å². The molecule has 1 aliphatic rings. The number of amides is 1. The number of pyridine rings is 1. The Hall–Kier alpha value is -3.97. The number of rotatable bonds is 7. The molecule has 1 amide bonds. The van der Waals surface area contributed by atoms with E-state index in [0.717, 1.165) is 28.3 Å². The van der Waals surface area contributed by atoms with E-state index < -0.39 is 0 Å². The van der Waals surface area contributed by atoms with Gasteiger partial charge >= 0.3 is 0 Å². The zero-order valence-corrected chi connectivity index (χ0v) is 21.2. The number of carbonyl (C=O) groups excluding carboxylic acids is 1. The molecule has 0 spiro atoms. The minimum absolute atomic E-state index is 0.0440. The van der Waals surface area contributed by atoms with Crippen molar-refractivity contribution in [1.29, 1.82) is 0 Å². The Kier molecular flexibility index (Phi) is 6.82. The molecule has 2 aromatic heterocycles. The molecule has 2 unspecified atom stereocenters. The van der Waals surface area contributed by atoms with Crippen LogP contribution >= 0.6 is 12.2 Å². The first-order valence-corrected chi connectivity index (χ1v) is 12.5. The van der Waals surface area contributed by atoms with E-state index >= 15 is 0 Å². The van der Waals surface area contributed by atoms with Crippen LogP contribution in [-0.4, -0.2) is 32.0 Å². The summed E-state index contributed by atoms with van der Waals surface area (Å²) in [5.74, 6) is -0.0440. The van der Waals surface area contributed by atoms with Gasteiger partial charge in [-0.05, 0) is 85.7 Å². The summed E-state index contributed by atoms with van der Waals surface area (Å²) in [6.45, 7) is 4.58. The van der Waals surface area contributed by atoms with Crippen LogP contribution in [-0.2, 0) is 4.79 Å². The molecule has 1 aliphatic heterocycles. The maximum Gasteiger partial charge on any atom is 0.226 e. The number of thiocarbonyl (C=S) groups is 1. The van der Waals surface area contributed by atoms with Crippen molar-refractivity contribution in [1.82, 2.24) is 19.8 Å². The van der Waals surface area contributed by atoms with Crippen LogP contribution in [0, 0.1) is 13.8 Å². The van der Waals surface area contributed by atoms with E-state index in [2.05, 4.69) is 74.6 Å². The van der Waals surface area contributed by atoms with Crippen molar-refractivity contribution in [3.05, 3.63) is 114 Å². The maximum absolute atomic E-state index is 12.8. The van der Waals surface area contributed by atoms with Crippen molar-refractivity contribution in [2.75, 3.05) is 11.9 Å². The molecule has 5 rings (SSSR count). The fourth-order valence-electron chi connectivity index (χ4n) is 4.78. The summed E-state index contributed by atoms with van der Waals surface area (Å²) in [5, 5.41) is 7.11. The smallest absolute Gasteiger partial charge is 0.226 e. The highest BCUT2D eigenvalue weighted by atomic mass is 32.1. The van der Waals surface area contributed by atoms with Gasteiger partial charge in [-0.15, -0.1) is 0 Å². The Morgan fingerprint density at radius 1 is 1.00 bits per heavy atom. The fourth-order valence-corrected chi connectivity index (χ4v) is 5.12. The van der Waals surface area contributed by atoms with Gasteiger partial charge in [-0.2, -0.15) is 0 Å². The number of anilines is 1. The summed E-state index contributed by atoms with van der Waals surface area (Å²) in [6, 6.07) is 26.1. The molecule has 2 atom stereocenters. The molecule has 0 radical (unpaired) electrons. The number of nitrogens with one attached hydrogen (secondary N) is 2. The molecule has 36 heavy (non-hydrogen) atoms. The largest absolute Gasteiger partial charge is 0.352 e. The monoisotopic (exact) mass is 495 g/mol. The molecule has 2 N–H and O–H groups in total. The third-order valence-corrected chi connectivity index (χ3v) is 6.79. The molecule has 1 fully saturated rings. The lowest BCUT2D eigenvalue weighted by atomic mass is 10.0. The summed E-state index contributed by atoms with van der Waals surface area (Å²) in [6.07, 6.45) is 4.19. The van der Waals surface area contributed by atoms with Crippen molar-refractivity contribution < 1.29 is 4.79 Å². The highest BCUT2D eigenvalue weighted by molar-refractivity contribution is 7.80. The van der Waals surface area contributed by atoms with Crippen molar-refractivity contribution >= 4 is 28.9 Å². The van der Waals surface area contributed by atoms with Crippen molar-refractivity contribution in [2.45, 2.75) is 32.4 Å². The molecular weight excluding hydrogens is 466 g/mol. The van der Waals surface area contributed by atoms with Crippen LogP contribution in [0.5, 0.6) is 0 Å². The van der Waals surface area contributed by atoms with Gasteiger partial charge in [-0.3, -0.25) is 9.78 Å². The lowest BCUT2D eigenvalue weighted by Crippen LogP contribution is -2.33. The number of aromatic nitrogens is 2. The minimum atomic E-state index is -0.142. The van der Waals surface area contributed by atoms with Crippen LogP contribution in [0.4, 0.5) is 5.69 Å². The minimum Gasteiger partial charge on any atom is -0.352 e. The van der Waals surface area contributed by atoms with Crippen LogP contribution in [0.1, 0.15) is 41.0 Å². The van der Waals surface area contributed by atoms with Gasteiger partial charge < -0.3 is 20.1 Å². The molecule has 0 bridgehead atoms. The normalized spacial score (nSPS) is 17.2. The van der Waals surface area contributed by atoms with Crippen LogP contribution in [0.3, 0.4) is 0 Å². The number of hydrogen-bond acceptors (Lipinski definition) is 3. The van der Waals surface area contributed by atoms with E-state index in [1.807, 2.05) is 49.4 Å². The second-order valence-corrected chi connectivity index (χ2v) is 9.52. The topological polar surface area (TPSA) is 62.2 Å². The number of carbonyl (C=O) groups is 1. The lowest BCUT2D eigenvalue weighted by Gasteiger charge is -2.29. The van der Waals surface area contributed by atoms with Gasteiger partial charge in [0.25, 0.3) is 0 Å². The first-order chi connectivity index (χ1) is 17.5. The number of aryl methyl sites for hydroxylation is 2.